The number of aromatic hydroxyl groups is 2. The van der Waals surface area contributed by atoms with Gasteiger partial charge in [0.1, 0.15) is 45.0 Å². The minimum absolute atomic E-state index is 0.0724. The first kappa shape index (κ1) is 32.0. The number of nitrogens with zero attached hydrogens (tertiary/aromatic N) is 4. The Bertz CT molecular complexity index is 2250. The lowest BCUT2D eigenvalue weighted by atomic mass is 10.0. The zero-order valence-electron chi connectivity index (χ0n) is 23.9. The highest BCUT2D eigenvalue weighted by molar-refractivity contribution is 7.86. The van der Waals surface area contributed by atoms with Crippen molar-refractivity contribution < 1.29 is 45.6 Å². The number of methoxy groups -OCH3 is 2. The fourth-order valence-electron chi connectivity index (χ4n) is 4.44. The van der Waals surface area contributed by atoms with E-state index >= 15 is 0 Å². The molecule has 0 fully saturated rings. The van der Waals surface area contributed by atoms with E-state index in [1.807, 2.05) is 0 Å². The van der Waals surface area contributed by atoms with E-state index in [9.17, 15) is 36.2 Å². The Labute approximate surface area is 262 Å². The van der Waals surface area contributed by atoms with Crippen LogP contribution in [0.25, 0.3) is 21.9 Å². The van der Waals surface area contributed by atoms with Gasteiger partial charge in [-0.3, -0.25) is 9.11 Å². The summed E-state index contributed by atoms with van der Waals surface area (Å²) in [6, 6.07) is 20.2. The average Bonchev–Trinajstić information content (AvgIpc) is 3.02. The molecule has 0 saturated carbocycles. The van der Waals surface area contributed by atoms with Crippen LogP contribution in [0.4, 0.5) is 22.7 Å². The normalized spacial score (nSPS) is 12.3. The van der Waals surface area contributed by atoms with E-state index in [2.05, 4.69) is 20.5 Å². The van der Waals surface area contributed by atoms with E-state index in [1.54, 1.807) is 48.5 Å². The molecule has 0 radical (unpaired) electrons. The van der Waals surface area contributed by atoms with Gasteiger partial charge in [0.2, 0.25) is 0 Å². The molecular weight excluding hydrogens is 640 g/mol. The van der Waals surface area contributed by atoms with Gasteiger partial charge in [-0.15, -0.1) is 15.3 Å². The van der Waals surface area contributed by atoms with E-state index in [-0.39, 0.29) is 33.6 Å². The van der Waals surface area contributed by atoms with Crippen LogP contribution >= 0.6 is 0 Å². The van der Waals surface area contributed by atoms with Crippen LogP contribution in [0, 0.1) is 0 Å². The van der Waals surface area contributed by atoms with Crippen LogP contribution in [0.15, 0.2) is 115 Å². The molecule has 0 atom stereocenters. The third-order valence-electron chi connectivity index (χ3n) is 6.66. The van der Waals surface area contributed by atoms with Gasteiger partial charge in [-0.05, 0) is 83.2 Å². The van der Waals surface area contributed by atoms with Crippen molar-refractivity contribution in [1.82, 2.24) is 0 Å². The predicted molar refractivity (Wildman–Crippen MR) is 167 cm³/mol. The Morgan fingerprint density at radius 2 is 1.17 bits per heavy atom. The third-order valence-corrected chi connectivity index (χ3v) is 8.36. The lowest BCUT2D eigenvalue weighted by molar-refractivity contribution is 0.415. The highest BCUT2D eigenvalue weighted by Gasteiger charge is 2.24. The molecule has 0 bridgehead atoms. The smallest absolute Gasteiger partial charge is 0.295 e. The number of azo groups is 2. The van der Waals surface area contributed by atoms with Crippen molar-refractivity contribution in [2.24, 2.45) is 20.5 Å². The van der Waals surface area contributed by atoms with E-state index in [0.717, 1.165) is 17.7 Å². The highest BCUT2D eigenvalue weighted by atomic mass is 32.2. The summed E-state index contributed by atoms with van der Waals surface area (Å²) in [6.07, 6.45) is 0. The van der Waals surface area contributed by atoms with Gasteiger partial charge in [-0.1, -0.05) is 18.2 Å². The summed E-state index contributed by atoms with van der Waals surface area (Å²) in [6.45, 7) is 0. The number of hydrogen-bond acceptors (Lipinski definition) is 12. The number of rotatable bonds is 9. The molecule has 0 aliphatic rings. The SMILES string of the molecule is COc1cc(-c2ccc(N=Nc3c(O)ccc4cc(S(=O)(=O)O)cc(S(=O)(=O)O)c34)c(OC)c2)ccc1N=Nc1ccc(O)cc1. The molecule has 4 N–H and O–H groups in total. The molecule has 5 rings (SSSR count). The maximum Gasteiger partial charge on any atom is 0.295 e. The molecule has 5 aromatic carbocycles. The van der Waals surface area contributed by atoms with Gasteiger partial charge < -0.3 is 19.7 Å². The molecule has 14 nitrogen and oxygen atoms in total. The molecular formula is C30H24N4O10S2. The van der Waals surface area contributed by atoms with Gasteiger partial charge in [-0.25, -0.2) is 0 Å². The number of phenolic OH excluding ortho intramolecular Hbond substituents is 2. The van der Waals surface area contributed by atoms with Crippen molar-refractivity contribution in [3.63, 3.8) is 0 Å². The van der Waals surface area contributed by atoms with Crippen molar-refractivity contribution in [3.8, 4) is 34.1 Å². The van der Waals surface area contributed by atoms with Gasteiger partial charge in [-0.2, -0.15) is 21.9 Å². The predicted octanol–water partition coefficient (Wildman–Crippen LogP) is 7.26. The quantitative estimate of drug-likeness (QED) is 0.0913. The Hall–Kier alpha value is -5.42. The third kappa shape index (κ3) is 6.79. The molecule has 0 amide bonds. The van der Waals surface area contributed by atoms with Crippen LogP contribution in [0.5, 0.6) is 23.0 Å². The van der Waals surface area contributed by atoms with E-state index < -0.39 is 35.8 Å². The first-order valence-corrected chi connectivity index (χ1v) is 15.9. The second-order valence-electron chi connectivity index (χ2n) is 9.59. The first-order valence-electron chi connectivity index (χ1n) is 13.0. The van der Waals surface area contributed by atoms with Gasteiger partial charge in [0.25, 0.3) is 20.2 Å². The maximum absolute atomic E-state index is 12.2. The number of benzene rings is 5. The standard InChI is InChI=1S/C30H24N4O10S2/c1-43-26-14-17(3-10-23(26)32-31-20-6-8-21(35)9-7-20)18-4-11-24(27(15-18)44-2)33-34-30-25(36)12-5-19-13-22(45(37,38)39)16-28(29(19)30)46(40,41)42/h3-16,35-36H,1-2H3,(H,37,38,39)(H,40,41,42). The average molecular weight is 665 g/mol. The van der Waals surface area contributed by atoms with Crippen LogP contribution in [0.3, 0.4) is 0 Å². The van der Waals surface area contributed by atoms with Crippen molar-refractivity contribution in [2.45, 2.75) is 9.79 Å². The molecule has 16 heteroatoms. The van der Waals surface area contributed by atoms with Crippen LogP contribution in [0.2, 0.25) is 0 Å². The largest absolute Gasteiger partial charge is 0.508 e. The lowest BCUT2D eigenvalue weighted by Crippen LogP contribution is -2.04. The number of ether oxygens (including phenoxy) is 2. The van der Waals surface area contributed by atoms with Crippen molar-refractivity contribution in [2.75, 3.05) is 14.2 Å². The summed E-state index contributed by atoms with van der Waals surface area (Å²) in [5, 5.41) is 36.1. The van der Waals surface area contributed by atoms with Crippen LogP contribution in [-0.4, -0.2) is 50.4 Å². The second kappa shape index (κ2) is 12.5. The van der Waals surface area contributed by atoms with Crippen molar-refractivity contribution in [3.05, 3.63) is 84.9 Å². The van der Waals surface area contributed by atoms with Crippen molar-refractivity contribution >= 4 is 53.8 Å². The second-order valence-corrected chi connectivity index (χ2v) is 12.4. The fraction of sp³-hybridized carbons (Fsp3) is 0.0667. The fourth-order valence-corrected chi connectivity index (χ4v) is 5.80. The summed E-state index contributed by atoms with van der Waals surface area (Å²) in [4.78, 5) is -1.70. The summed E-state index contributed by atoms with van der Waals surface area (Å²) in [5.74, 6) is 0.269. The summed E-state index contributed by atoms with van der Waals surface area (Å²) < 4.78 is 78.1. The molecule has 0 spiro atoms. The summed E-state index contributed by atoms with van der Waals surface area (Å²) in [7, 11) is -7.02. The first-order chi connectivity index (χ1) is 21.8. The number of fused-ring (bicyclic) bond motifs is 1. The zero-order valence-corrected chi connectivity index (χ0v) is 25.6. The lowest BCUT2D eigenvalue weighted by Gasteiger charge is -2.11. The van der Waals surface area contributed by atoms with Crippen LogP contribution in [0.1, 0.15) is 0 Å². The highest BCUT2D eigenvalue weighted by Crippen LogP contribution is 2.42. The molecule has 0 saturated heterocycles. The molecule has 0 aromatic heterocycles. The van der Waals surface area contributed by atoms with Crippen LogP contribution in [-0.2, 0) is 20.2 Å². The summed E-state index contributed by atoms with van der Waals surface area (Å²) >= 11 is 0. The Kier molecular flexibility index (Phi) is 8.71. The molecule has 0 aliphatic heterocycles. The maximum atomic E-state index is 12.2. The molecule has 236 valence electrons. The minimum atomic E-state index is -5.06. The van der Waals surface area contributed by atoms with E-state index in [4.69, 9.17) is 9.47 Å². The minimum Gasteiger partial charge on any atom is -0.508 e. The Morgan fingerprint density at radius 1 is 0.609 bits per heavy atom. The topological polar surface area (TPSA) is 217 Å². The monoisotopic (exact) mass is 664 g/mol. The molecule has 0 heterocycles. The summed E-state index contributed by atoms with van der Waals surface area (Å²) in [5.41, 5.74) is 2.20. The molecule has 5 aromatic rings. The van der Waals surface area contributed by atoms with E-state index in [0.29, 0.717) is 28.8 Å². The molecule has 0 aliphatic carbocycles. The van der Waals surface area contributed by atoms with Crippen molar-refractivity contribution in [1.29, 1.82) is 0 Å². The van der Waals surface area contributed by atoms with Gasteiger partial charge in [0.15, 0.2) is 0 Å². The van der Waals surface area contributed by atoms with E-state index in [1.165, 1.54) is 32.4 Å². The van der Waals surface area contributed by atoms with Gasteiger partial charge >= 0.3 is 0 Å². The van der Waals surface area contributed by atoms with Crippen LogP contribution < -0.4 is 9.47 Å². The molecule has 46 heavy (non-hydrogen) atoms. The van der Waals surface area contributed by atoms with Gasteiger partial charge in [0, 0.05) is 5.39 Å². The molecule has 0 unspecified atom stereocenters. The zero-order chi connectivity index (χ0) is 33.2. The Balaban J connectivity index is 1.52. The Morgan fingerprint density at radius 3 is 1.70 bits per heavy atom. The number of phenols is 2. The van der Waals surface area contributed by atoms with Gasteiger partial charge in [0.05, 0.1) is 24.8 Å². The number of hydrogen-bond donors (Lipinski definition) is 4.